The molecule has 0 saturated heterocycles. The average Bonchev–Trinajstić information content (AvgIpc) is 3.43. The maximum absolute atomic E-state index is 13.0. The molecule has 0 fully saturated rings. The Bertz CT molecular complexity index is 1130. The highest BCUT2D eigenvalue weighted by Gasteiger charge is 2.27. The number of alkyl halides is 2. The topological polar surface area (TPSA) is 90.8 Å². The van der Waals surface area contributed by atoms with Gasteiger partial charge in [0.1, 0.15) is 11.4 Å². The lowest BCUT2D eigenvalue weighted by molar-refractivity contribution is 0.0965. The number of nitrogens with zero attached hydrogens (tertiary/aromatic N) is 5. The first kappa shape index (κ1) is 18.5. The summed E-state index contributed by atoms with van der Waals surface area (Å²) in [6.07, 6.45) is 2.11. The minimum absolute atomic E-state index is 0.0907. The van der Waals surface area contributed by atoms with Crippen molar-refractivity contribution in [2.45, 2.75) is 19.9 Å². The second-order valence-corrected chi connectivity index (χ2v) is 6.26. The number of para-hydroxylation sites is 1. The zero-order chi connectivity index (χ0) is 20.4. The molecule has 29 heavy (non-hydrogen) atoms. The predicted molar refractivity (Wildman–Crippen MR) is 99.0 cm³/mol. The van der Waals surface area contributed by atoms with E-state index < -0.39 is 18.1 Å². The molecule has 4 rings (SSSR count). The smallest absolute Gasteiger partial charge is 0.298 e. The molecule has 1 amide bonds. The van der Waals surface area contributed by atoms with Gasteiger partial charge in [-0.05, 0) is 19.1 Å². The van der Waals surface area contributed by atoms with Crippen LogP contribution < -0.4 is 5.32 Å². The molecule has 0 aliphatic heterocycles. The van der Waals surface area contributed by atoms with Crippen LogP contribution in [0.25, 0.3) is 5.69 Å². The Morgan fingerprint density at radius 1 is 1.21 bits per heavy atom. The second kappa shape index (κ2) is 7.66. The van der Waals surface area contributed by atoms with Crippen molar-refractivity contribution in [2.24, 2.45) is 0 Å². The molecule has 1 aromatic carbocycles. The molecule has 0 aliphatic rings. The number of nitrogens with one attached hydrogen (secondary N) is 1. The van der Waals surface area contributed by atoms with E-state index in [1.807, 2.05) is 36.5 Å². The number of carbonyl (C=O) groups is 1. The van der Waals surface area contributed by atoms with E-state index in [1.165, 1.54) is 17.8 Å². The third kappa shape index (κ3) is 3.77. The number of carbonyl (C=O) groups excluding carboxylic acids is 1. The van der Waals surface area contributed by atoms with Gasteiger partial charge < -0.3 is 9.84 Å². The molecule has 0 radical (unpaired) electrons. The summed E-state index contributed by atoms with van der Waals surface area (Å²) in [6, 6.07) is 11.2. The van der Waals surface area contributed by atoms with E-state index in [1.54, 1.807) is 16.9 Å². The molecule has 10 heteroatoms. The summed E-state index contributed by atoms with van der Waals surface area (Å²) in [4.78, 5) is 12.5. The Kier molecular flexibility index (Phi) is 4.90. The number of halogens is 2. The summed E-state index contributed by atoms with van der Waals surface area (Å²) in [6.45, 7) is 1.76. The molecule has 0 atom stereocenters. The Morgan fingerprint density at radius 2 is 2.00 bits per heavy atom. The molecule has 8 nitrogen and oxygen atoms in total. The van der Waals surface area contributed by atoms with E-state index in [0.29, 0.717) is 12.4 Å². The Hall–Kier alpha value is -3.82. The lowest BCUT2D eigenvalue weighted by atomic mass is 10.2. The van der Waals surface area contributed by atoms with Gasteiger partial charge in [0.2, 0.25) is 5.76 Å². The summed E-state index contributed by atoms with van der Waals surface area (Å²) in [7, 11) is 0. The number of hydrogen-bond donors (Lipinski definition) is 1. The summed E-state index contributed by atoms with van der Waals surface area (Å²) >= 11 is 0. The van der Waals surface area contributed by atoms with Gasteiger partial charge in [-0.25, -0.2) is 18.1 Å². The van der Waals surface area contributed by atoms with Gasteiger partial charge in [0.25, 0.3) is 12.3 Å². The van der Waals surface area contributed by atoms with Crippen molar-refractivity contribution in [1.29, 1.82) is 0 Å². The quantitative estimate of drug-likeness (QED) is 0.536. The molecule has 148 valence electrons. The van der Waals surface area contributed by atoms with Gasteiger partial charge in [0.15, 0.2) is 0 Å². The maximum atomic E-state index is 13.0. The first-order valence-electron chi connectivity index (χ1n) is 8.69. The molecule has 4 aromatic rings. The minimum Gasteiger partial charge on any atom is -0.354 e. The van der Waals surface area contributed by atoms with E-state index in [9.17, 15) is 13.6 Å². The van der Waals surface area contributed by atoms with Gasteiger partial charge in [-0.15, -0.1) is 0 Å². The van der Waals surface area contributed by atoms with Crippen molar-refractivity contribution < 1.29 is 18.1 Å². The largest absolute Gasteiger partial charge is 0.354 e. The fraction of sp³-hybridized carbons (Fsp3) is 0.158. The van der Waals surface area contributed by atoms with Gasteiger partial charge in [-0.2, -0.15) is 10.2 Å². The van der Waals surface area contributed by atoms with Crippen molar-refractivity contribution >= 4 is 11.7 Å². The number of anilines is 1. The predicted octanol–water partition coefficient (Wildman–Crippen LogP) is 3.60. The first-order chi connectivity index (χ1) is 14.0. The average molecular weight is 398 g/mol. The van der Waals surface area contributed by atoms with Crippen LogP contribution in [-0.2, 0) is 6.54 Å². The number of aromatic nitrogens is 5. The number of hydrogen-bond acceptors (Lipinski definition) is 5. The highest BCUT2D eigenvalue weighted by atomic mass is 19.3. The third-order valence-corrected chi connectivity index (χ3v) is 4.26. The summed E-state index contributed by atoms with van der Waals surface area (Å²) in [5.41, 5.74) is 1.58. The first-order valence-corrected chi connectivity index (χ1v) is 8.69. The standard InChI is InChI=1S/C19H16F2N6O2/c1-12-16(17(18(20)21)29-25-12)19(28)24-15-7-8-22-27(15)11-13-9-23-26(10-13)14-5-3-2-4-6-14/h2-10,18H,11H2,1H3,(H,24,28). The van der Waals surface area contributed by atoms with Crippen molar-refractivity contribution in [3.05, 3.63) is 77.6 Å². The molecule has 0 saturated carbocycles. The molecule has 0 spiro atoms. The second-order valence-electron chi connectivity index (χ2n) is 6.26. The summed E-state index contributed by atoms with van der Waals surface area (Å²) in [5, 5.41) is 14.6. The van der Waals surface area contributed by atoms with E-state index in [0.717, 1.165) is 11.3 Å². The van der Waals surface area contributed by atoms with E-state index >= 15 is 0 Å². The van der Waals surface area contributed by atoms with Crippen LogP contribution in [0.5, 0.6) is 0 Å². The van der Waals surface area contributed by atoms with Crippen LogP contribution in [0.3, 0.4) is 0 Å². The minimum atomic E-state index is -2.94. The zero-order valence-corrected chi connectivity index (χ0v) is 15.3. The van der Waals surface area contributed by atoms with Crippen LogP contribution in [-0.4, -0.2) is 30.6 Å². The molecular formula is C19H16F2N6O2. The van der Waals surface area contributed by atoms with Gasteiger partial charge in [-0.3, -0.25) is 4.79 Å². The van der Waals surface area contributed by atoms with Gasteiger partial charge in [-0.1, -0.05) is 23.4 Å². The monoisotopic (exact) mass is 398 g/mol. The van der Waals surface area contributed by atoms with E-state index in [-0.39, 0.29) is 11.3 Å². The summed E-state index contributed by atoms with van der Waals surface area (Å²) < 4.78 is 33.9. The van der Waals surface area contributed by atoms with Crippen molar-refractivity contribution in [2.75, 3.05) is 5.32 Å². The fourth-order valence-electron chi connectivity index (χ4n) is 2.89. The highest BCUT2D eigenvalue weighted by molar-refractivity contribution is 6.05. The molecule has 3 aromatic heterocycles. The molecule has 0 aliphatic carbocycles. The third-order valence-electron chi connectivity index (χ3n) is 4.26. The van der Waals surface area contributed by atoms with Crippen molar-refractivity contribution in [3.8, 4) is 5.69 Å². The van der Waals surface area contributed by atoms with Crippen LogP contribution in [0.15, 0.2) is 59.5 Å². The van der Waals surface area contributed by atoms with Gasteiger partial charge in [0, 0.05) is 17.8 Å². The van der Waals surface area contributed by atoms with Gasteiger partial charge >= 0.3 is 0 Å². The van der Waals surface area contributed by atoms with Crippen molar-refractivity contribution in [1.82, 2.24) is 24.7 Å². The Morgan fingerprint density at radius 3 is 2.76 bits per heavy atom. The Labute approximate surface area is 163 Å². The number of benzene rings is 1. The van der Waals surface area contributed by atoms with Crippen LogP contribution in [0.4, 0.5) is 14.6 Å². The summed E-state index contributed by atoms with van der Waals surface area (Å²) in [5.74, 6) is -1.14. The molecule has 0 unspecified atom stereocenters. The SMILES string of the molecule is Cc1noc(C(F)F)c1C(=O)Nc1ccnn1Cc1cnn(-c2ccccc2)c1. The number of amides is 1. The Balaban J connectivity index is 1.52. The van der Waals surface area contributed by atoms with Crippen LogP contribution in [0, 0.1) is 6.92 Å². The van der Waals surface area contributed by atoms with Crippen molar-refractivity contribution in [3.63, 3.8) is 0 Å². The molecule has 1 N–H and O–H groups in total. The zero-order valence-electron chi connectivity index (χ0n) is 15.3. The molecule has 0 bridgehead atoms. The highest BCUT2D eigenvalue weighted by Crippen LogP contribution is 2.26. The normalized spacial score (nSPS) is 11.2. The number of rotatable bonds is 6. The molecule has 3 heterocycles. The van der Waals surface area contributed by atoms with Crippen LogP contribution in [0.1, 0.15) is 33.8 Å². The van der Waals surface area contributed by atoms with Crippen LogP contribution >= 0.6 is 0 Å². The lowest BCUT2D eigenvalue weighted by Crippen LogP contribution is -2.18. The maximum Gasteiger partial charge on any atom is 0.298 e. The molecular weight excluding hydrogens is 382 g/mol. The van der Waals surface area contributed by atoms with Crippen LogP contribution in [0.2, 0.25) is 0 Å². The van der Waals surface area contributed by atoms with E-state index in [2.05, 4.69) is 25.2 Å². The fourth-order valence-corrected chi connectivity index (χ4v) is 2.89. The number of aryl methyl sites for hydroxylation is 1. The van der Waals surface area contributed by atoms with E-state index in [4.69, 9.17) is 0 Å². The lowest BCUT2D eigenvalue weighted by Gasteiger charge is -2.08. The van der Waals surface area contributed by atoms with Gasteiger partial charge in [0.05, 0.1) is 30.3 Å².